The number of nitrogens with zero attached hydrogens (tertiary/aromatic N) is 1. The Labute approximate surface area is 83.9 Å². The smallest absolute Gasteiger partial charge is 0.0831 e. The Hall–Kier alpha value is 0.230. The van der Waals surface area contributed by atoms with Gasteiger partial charge in [-0.05, 0) is 0 Å². The van der Waals surface area contributed by atoms with Crippen molar-refractivity contribution in [2.75, 3.05) is 31.9 Å². The van der Waals surface area contributed by atoms with Gasteiger partial charge in [0.1, 0.15) is 0 Å². The van der Waals surface area contributed by atoms with Crippen molar-refractivity contribution < 1.29 is 5.11 Å². The molecular weight excluding hydrogens is 184 g/mol. The van der Waals surface area contributed by atoms with E-state index >= 15 is 0 Å². The number of aliphatic hydroxyl groups excluding tert-OH is 1. The molecule has 3 atom stereocenters. The second-order valence-corrected chi connectivity index (χ2v) is 5.52. The normalized spacial score (nSPS) is 42.5. The first-order valence-electron chi connectivity index (χ1n) is 5.02. The molecule has 0 aromatic rings. The quantitative estimate of drug-likeness (QED) is 0.615. The van der Waals surface area contributed by atoms with Gasteiger partial charge in [0.2, 0.25) is 0 Å². The second-order valence-electron chi connectivity index (χ2n) is 3.97. The van der Waals surface area contributed by atoms with Gasteiger partial charge in [0, 0.05) is 43.2 Å². The number of rotatable bonds is 1. The largest absolute Gasteiger partial charge is 0.390 e. The summed E-state index contributed by atoms with van der Waals surface area (Å²) in [5.74, 6) is 1.21. The van der Waals surface area contributed by atoms with E-state index in [0.717, 1.165) is 31.4 Å². The van der Waals surface area contributed by atoms with E-state index in [1.54, 1.807) is 0 Å². The van der Waals surface area contributed by atoms with E-state index in [2.05, 4.69) is 17.1 Å². The molecule has 2 N–H and O–H groups in total. The zero-order valence-electron chi connectivity index (χ0n) is 8.07. The Morgan fingerprint density at radius 1 is 1.46 bits per heavy atom. The van der Waals surface area contributed by atoms with Gasteiger partial charge in [0.25, 0.3) is 0 Å². The fourth-order valence-electron chi connectivity index (χ4n) is 2.17. The standard InChI is InChI=1S/C9H18N2OS/c1-7-6-11(2-3-13-7)8-4-10-5-9(8)12/h7-10,12H,2-6H2,1H3/t7?,8-,9-/m1/s1. The van der Waals surface area contributed by atoms with Gasteiger partial charge < -0.3 is 10.4 Å². The minimum atomic E-state index is -0.157. The number of hydrogen-bond donors (Lipinski definition) is 2. The van der Waals surface area contributed by atoms with Crippen LogP contribution in [-0.4, -0.2) is 59.3 Å². The Kier molecular flexibility index (Phi) is 3.14. The molecule has 2 fully saturated rings. The van der Waals surface area contributed by atoms with E-state index in [4.69, 9.17) is 0 Å². The Morgan fingerprint density at radius 3 is 2.92 bits per heavy atom. The van der Waals surface area contributed by atoms with Gasteiger partial charge in [-0.1, -0.05) is 6.92 Å². The summed E-state index contributed by atoms with van der Waals surface area (Å²) in [7, 11) is 0. The zero-order chi connectivity index (χ0) is 9.26. The lowest BCUT2D eigenvalue weighted by Gasteiger charge is -2.36. The van der Waals surface area contributed by atoms with Gasteiger partial charge in [-0.25, -0.2) is 0 Å². The summed E-state index contributed by atoms with van der Waals surface area (Å²) in [5.41, 5.74) is 0. The van der Waals surface area contributed by atoms with E-state index in [1.165, 1.54) is 5.75 Å². The van der Waals surface area contributed by atoms with Crippen molar-refractivity contribution in [2.24, 2.45) is 0 Å². The second kappa shape index (κ2) is 4.17. The van der Waals surface area contributed by atoms with Crippen LogP contribution in [0, 0.1) is 0 Å². The van der Waals surface area contributed by atoms with Crippen LogP contribution >= 0.6 is 11.8 Å². The highest BCUT2D eigenvalue weighted by Crippen LogP contribution is 2.21. The highest BCUT2D eigenvalue weighted by Gasteiger charge is 2.32. The number of aliphatic hydroxyl groups is 1. The van der Waals surface area contributed by atoms with Crippen LogP contribution in [0.4, 0.5) is 0 Å². The molecule has 4 heteroatoms. The van der Waals surface area contributed by atoms with E-state index in [0.29, 0.717) is 6.04 Å². The molecule has 0 aromatic heterocycles. The average molecular weight is 202 g/mol. The van der Waals surface area contributed by atoms with Crippen molar-refractivity contribution in [3.05, 3.63) is 0 Å². The molecule has 3 nitrogen and oxygen atoms in total. The number of hydrogen-bond acceptors (Lipinski definition) is 4. The van der Waals surface area contributed by atoms with Crippen LogP contribution in [0.1, 0.15) is 6.92 Å². The molecular formula is C9H18N2OS. The summed E-state index contributed by atoms with van der Waals surface area (Å²) in [6.45, 7) is 6.26. The predicted molar refractivity (Wildman–Crippen MR) is 56.2 cm³/mol. The monoisotopic (exact) mass is 202 g/mol. The molecule has 13 heavy (non-hydrogen) atoms. The third-order valence-electron chi connectivity index (χ3n) is 2.89. The molecule has 2 rings (SSSR count). The summed E-state index contributed by atoms with van der Waals surface area (Å²) < 4.78 is 0. The number of thioether (sulfide) groups is 1. The third-order valence-corrected chi connectivity index (χ3v) is 4.03. The zero-order valence-corrected chi connectivity index (χ0v) is 8.89. The van der Waals surface area contributed by atoms with Crippen molar-refractivity contribution in [2.45, 2.75) is 24.3 Å². The van der Waals surface area contributed by atoms with Crippen LogP contribution in [-0.2, 0) is 0 Å². The SMILES string of the molecule is CC1CN([C@@H]2CNC[C@H]2O)CCS1. The molecule has 0 saturated carbocycles. The number of nitrogens with one attached hydrogen (secondary N) is 1. The van der Waals surface area contributed by atoms with Crippen molar-refractivity contribution in [3.63, 3.8) is 0 Å². The van der Waals surface area contributed by atoms with Crippen molar-refractivity contribution in [1.82, 2.24) is 10.2 Å². The summed E-state index contributed by atoms with van der Waals surface area (Å²) >= 11 is 2.04. The van der Waals surface area contributed by atoms with Gasteiger partial charge >= 0.3 is 0 Å². The highest BCUT2D eigenvalue weighted by molar-refractivity contribution is 7.99. The van der Waals surface area contributed by atoms with Gasteiger partial charge in [-0.15, -0.1) is 0 Å². The summed E-state index contributed by atoms with van der Waals surface area (Å²) in [4.78, 5) is 2.44. The molecule has 0 amide bonds. The average Bonchev–Trinajstić information content (AvgIpc) is 2.51. The molecule has 0 aliphatic carbocycles. The van der Waals surface area contributed by atoms with Crippen LogP contribution < -0.4 is 5.32 Å². The van der Waals surface area contributed by atoms with Gasteiger partial charge in [0.15, 0.2) is 0 Å². The minimum absolute atomic E-state index is 0.157. The fourth-order valence-corrected chi connectivity index (χ4v) is 3.21. The maximum absolute atomic E-state index is 9.72. The number of β-amino-alcohol motifs (C(OH)–C–C–N with tert-alkyl or cyclic N) is 1. The molecule has 2 aliphatic heterocycles. The Bertz CT molecular complexity index is 179. The van der Waals surface area contributed by atoms with Crippen LogP contribution in [0.25, 0.3) is 0 Å². The first-order chi connectivity index (χ1) is 6.27. The summed E-state index contributed by atoms with van der Waals surface area (Å²) in [6.07, 6.45) is -0.157. The van der Waals surface area contributed by atoms with E-state index in [-0.39, 0.29) is 6.10 Å². The molecule has 2 heterocycles. The maximum Gasteiger partial charge on any atom is 0.0831 e. The molecule has 76 valence electrons. The van der Waals surface area contributed by atoms with Crippen LogP contribution in [0.3, 0.4) is 0 Å². The van der Waals surface area contributed by atoms with Crippen LogP contribution in [0.2, 0.25) is 0 Å². The topological polar surface area (TPSA) is 35.5 Å². The minimum Gasteiger partial charge on any atom is -0.390 e. The van der Waals surface area contributed by atoms with E-state index in [9.17, 15) is 5.11 Å². The first kappa shape index (κ1) is 9.77. The molecule has 0 bridgehead atoms. The van der Waals surface area contributed by atoms with Gasteiger partial charge in [-0.2, -0.15) is 11.8 Å². The lowest BCUT2D eigenvalue weighted by molar-refractivity contribution is 0.0860. The fraction of sp³-hybridized carbons (Fsp3) is 1.00. The molecule has 0 radical (unpaired) electrons. The highest BCUT2D eigenvalue weighted by atomic mass is 32.2. The summed E-state index contributed by atoms with van der Waals surface area (Å²) in [6, 6.07) is 0.364. The van der Waals surface area contributed by atoms with Gasteiger partial charge in [0.05, 0.1) is 6.10 Å². The molecule has 2 aliphatic rings. The lowest BCUT2D eigenvalue weighted by Crippen LogP contribution is -2.49. The van der Waals surface area contributed by atoms with Crippen molar-refractivity contribution >= 4 is 11.8 Å². The Balaban J connectivity index is 1.91. The van der Waals surface area contributed by atoms with E-state index in [1.807, 2.05) is 11.8 Å². The van der Waals surface area contributed by atoms with Crippen LogP contribution in [0.15, 0.2) is 0 Å². The van der Waals surface area contributed by atoms with Crippen LogP contribution in [0.5, 0.6) is 0 Å². The van der Waals surface area contributed by atoms with Crippen molar-refractivity contribution in [3.8, 4) is 0 Å². The molecule has 1 unspecified atom stereocenters. The third kappa shape index (κ3) is 2.18. The molecule has 2 saturated heterocycles. The summed E-state index contributed by atoms with van der Waals surface area (Å²) in [5, 5.41) is 13.7. The van der Waals surface area contributed by atoms with Crippen molar-refractivity contribution in [1.29, 1.82) is 0 Å². The van der Waals surface area contributed by atoms with Gasteiger partial charge in [-0.3, -0.25) is 4.90 Å². The maximum atomic E-state index is 9.72. The Morgan fingerprint density at radius 2 is 2.31 bits per heavy atom. The molecule has 0 aromatic carbocycles. The lowest BCUT2D eigenvalue weighted by atomic mass is 10.1. The van der Waals surface area contributed by atoms with E-state index < -0.39 is 0 Å². The first-order valence-corrected chi connectivity index (χ1v) is 6.06. The molecule has 0 spiro atoms. The predicted octanol–water partition coefficient (Wildman–Crippen LogP) is -0.244.